The first-order valence-corrected chi connectivity index (χ1v) is 10.5. The third-order valence-corrected chi connectivity index (χ3v) is 5.78. The first kappa shape index (κ1) is 21.4. The van der Waals surface area contributed by atoms with Crippen LogP contribution in [0.5, 0.6) is 0 Å². The molecule has 4 aromatic rings. The number of rotatable bonds is 5. The molecule has 0 aliphatic rings. The molecule has 160 valence electrons. The fourth-order valence-electron chi connectivity index (χ4n) is 2.95. The predicted octanol–water partition coefficient (Wildman–Crippen LogP) is 4.96. The summed E-state index contributed by atoms with van der Waals surface area (Å²) in [4.78, 5) is 25.5. The maximum atomic E-state index is 13.2. The van der Waals surface area contributed by atoms with Crippen LogP contribution in [-0.4, -0.2) is 24.1 Å². The zero-order chi connectivity index (χ0) is 22.2. The van der Waals surface area contributed by atoms with Gasteiger partial charge in [-0.3, -0.25) is 14.3 Å². The molecule has 0 saturated heterocycles. The molecule has 0 aliphatic carbocycles. The number of hydrogen-bond acceptors (Lipinski definition) is 5. The number of thioether (sulfide) groups is 1. The molecule has 1 aromatic carbocycles. The van der Waals surface area contributed by atoms with Crippen molar-refractivity contribution in [3.8, 4) is 5.69 Å². The number of imidazole rings is 1. The molecule has 0 radical (unpaired) electrons. The Kier molecular flexibility index (Phi) is 5.76. The van der Waals surface area contributed by atoms with Crippen LogP contribution in [0.4, 0.5) is 13.2 Å². The summed E-state index contributed by atoms with van der Waals surface area (Å²) in [6.45, 7) is 2.50. The normalized spacial score (nSPS) is 11.9. The van der Waals surface area contributed by atoms with E-state index < -0.39 is 11.9 Å². The highest BCUT2D eigenvalue weighted by Crippen LogP contribution is 2.29. The minimum absolute atomic E-state index is 0.234. The number of aryl methyl sites for hydroxylation is 1. The van der Waals surface area contributed by atoms with Crippen LogP contribution < -0.4 is 5.56 Å². The van der Waals surface area contributed by atoms with Crippen molar-refractivity contribution in [1.82, 2.24) is 24.1 Å². The second-order valence-corrected chi connectivity index (χ2v) is 7.93. The second-order valence-electron chi connectivity index (χ2n) is 6.55. The summed E-state index contributed by atoms with van der Waals surface area (Å²) < 4.78 is 41.4. The Morgan fingerprint density at radius 1 is 1.10 bits per heavy atom. The molecule has 0 unspecified atom stereocenters. The van der Waals surface area contributed by atoms with Crippen molar-refractivity contribution in [2.45, 2.75) is 30.6 Å². The van der Waals surface area contributed by atoms with Crippen molar-refractivity contribution in [3.63, 3.8) is 0 Å². The van der Waals surface area contributed by atoms with E-state index in [1.54, 1.807) is 35.2 Å². The quantitative estimate of drug-likeness (QED) is 0.308. The van der Waals surface area contributed by atoms with E-state index in [0.29, 0.717) is 33.6 Å². The van der Waals surface area contributed by atoms with Crippen LogP contribution in [0.2, 0.25) is 5.02 Å². The van der Waals surface area contributed by atoms with Crippen LogP contribution in [0.25, 0.3) is 16.9 Å². The fourth-order valence-corrected chi connectivity index (χ4v) is 4.01. The van der Waals surface area contributed by atoms with Gasteiger partial charge in [0.2, 0.25) is 0 Å². The number of benzene rings is 1. The topological polar surface area (TPSA) is 65.6 Å². The van der Waals surface area contributed by atoms with Crippen molar-refractivity contribution < 1.29 is 13.2 Å². The third kappa shape index (κ3) is 4.31. The fraction of sp³-hybridized carbons (Fsp3) is 0.200. The van der Waals surface area contributed by atoms with Crippen LogP contribution in [0.15, 0.2) is 58.9 Å². The molecule has 3 heterocycles. The monoisotopic (exact) mass is 465 g/mol. The Balaban J connectivity index is 1.75. The Morgan fingerprint density at radius 3 is 2.45 bits per heavy atom. The van der Waals surface area contributed by atoms with Gasteiger partial charge in [-0.05, 0) is 42.8 Å². The molecule has 0 fully saturated rings. The van der Waals surface area contributed by atoms with Crippen molar-refractivity contribution in [2.24, 2.45) is 0 Å². The summed E-state index contributed by atoms with van der Waals surface area (Å²) >= 11 is 7.19. The SMILES string of the molecule is CCn1cnc2c(=O)n(-c3ccc(Cl)cc3)c(SCc3ccc(C(F)(F)F)nc3)nc21. The largest absolute Gasteiger partial charge is 0.433 e. The van der Waals surface area contributed by atoms with E-state index in [2.05, 4.69) is 15.0 Å². The number of alkyl halides is 3. The lowest BCUT2D eigenvalue weighted by atomic mass is 10.3. The molecule has 31 heavy (non-hydrogen) atoms. The van der Waals surface area contributed by atoms with Gasteiger partial charge in [0.15, 0.2) is 16.3 Å². The van der Waals surface area contributed by atoms with Gasteiger partial charge < -0.3 is 4.57 Å². The van der Waals surface area contributed by atoms with Crippen molar-refractivity contribution in [2.75, 3.05) is 0 Å². The van der Waals surface area contributed by atoms with Crippen molar-refractivity contribution in [1.29, 1.82) is 0 Å². The second kappa shape index (κ2) is 8.35. The van der Waals surface area contributed by atoms with E-state index in [4.69, 9.17) is 11.6 Å². The van der Waals surface area contributed by atoms with Crippen LogP contribution in [0.3, 0.4) is 0 Å². The van der Waals surface area contributed by atoms with Gasteiger partial charge in [0.25, 0.3) is 5.56 Å². The van der Waals surface area contributed by atoms with Crippen LogP contribution in [0.1, 0.15) is 18.2 Å². The number of aromatic nitrogens is 5. The molecule has 11 heteroatoms. The summed E-state index contributed by atoms with van der Waals surface area (Å²) in [7, 11) is 0. The maximum Gasteiger partial charge on any atom is 0.433 e. The zero-order valence-corrected chi connectivity index (χ0v) is 17.7. The summed E-state index contributed by atoms with van der Waals surface area (Å²) in [5.41, 5.74) is 0.517. The Morgan fingerprint density at radius 2 is 1.84 bits per heavy atom. The van der Waals surface area contributed by atoms with E-state index in [1.165, 1.54) is 28.6 Å². The lowest BCUT2D eigenvalue weighted by Crippen LogP contribution is -2.22. The van der Waals surface area contributed by atoms with Gasteiger partial charge in [-0.15, -0.1) is 0 Å². The zero-order valence-electron chi connectivity index (χ0n) is 16.1. The van der Waals surface area contributed by atoms with Crippen LogP contribution in [-0.2, 0) is 18.5 Å². The number of pyridine rings is 1. The van der Waals surface area contributed by atoms with Gasteiger partial charge >= 0.3 is 6.18 Å². The van der Waals surface area contributed by atoms with Gasteiger partial charge in [0.05, 0.1) is 12.0 Å². The predicted molar refractivity (Wildman–Crippen MR) is 113 cm³/mol. The third-order valence-electron chi connectivity index (χ3n) is 4.52. The Bertz CT molecular complexity index is 1280. The minimum Gasteiger partial charge on any atom is -0.315 e. The van der Waals surface area contributed by atoms with Gasteiger partial charge in [-0.25, -0.2) is 9.97 Å². The molecular weight excluding hydrogens is 451 g/mol. The summed E-state index contributed by atoms with van der Waals surface area (Å²) in [6.07, 6.45) is -1.76. The average Bonchev–Trinajstić information content (AvgIpc) is 3.16. The lowest BCUT2D eigenvalue weighted by molar-refractivity contribution is -0.141. The molecule has 0 amide bonds. The number of nitrogens with zero attached hydrogens (tertiary/aromatic N) is 5. The van der Waals surface area contributed by atoms with Gasteiger partial charge in [-0.2, -0.15) is 13.2 Å². The molecule has 0 N–H and O–H groups in total. The standard InChI is InChI=1S/C20H15ClF3N5OS/c1-2-28-11-26-16-17(28)27-19(29(18(16)30)14-6-4-13(21)5-7-14)31-10-12-3-8-15(25-9-12)20(22,23)24/h3-9,11H,2,10H2,1H3. The molecule has 0 aliphatic heterocycles. The van der Waals surface area contributed by atoms with Gasteiger partial charge in [0.1, 0.15) is 5.69 Å². The van der Waals surface area contributed by atoms with Gasteiger partial charge in [0, 0.05) is 23.5 Å². The highest BCUT2D eigenvalue weighted by molar-refractivity contribution is 7.98. The first-order valence-electron chi connectivity index (χ1n) is 9.16. The van der Waals surface area contributed by atoms with E-state index in [0.717, 1.165) is 6.07 Å². The van der Waals surface area contributed by atoms with E-state index in [1.807, 2.05) is 6.92 Å². The van der Waals surface area contributed by atoms with Crippen molar-refractivity contribution in [3.05, 3.63) is 75.6 Å². The molecular formula is C20H15ClF3N5OS. The summed E-state index contributed by atoms with van der Waals surface area (Å²) in [5.74, 6) is 0.275. The van der Waals surface area contributed by atoms with E-state index in [9.17, 15) is 18.0 Å². The number of fused-ring (bicyclic) bond motifs is 1. The Hall–Kier alpha value is -2.85. The summed E-state index contributed by atoms with van der Waals surface area (Å²) in [5, 5.41) is 0.904. The van der Waals surface area contributed by atoms with Crippen LogP contribution >= 0.6 is 23.4 Å². The maximum absolute atomic E-state index is 13.2. The molecule has 0 saturated carbocycles. The molecule has 3 aromatic heterocycles. The summed E-state index contributed by atoms with van der Waals surface area (Å²) in [6, 6.07) is 9.00. The smallest absolute Gasteiger partial charge is 0.315 e. The Labute approximate surface area is 183 Å². The van der Waals surface area contributed by atoms with Gasteiger partial charge in [-0.1, -0.05) is 29.4 Å². The van der Waals surface area contributed by atoms with E-state index in [-0.39, 0.29) is 16.8 Å². The number of hydrogen-bond donors (Lipinski definition) is 0. The molecule has 0 atom stereocenters. The molecule has 6 nitrogen and oxygen atoms in total. The minimum atomic E-state index is -4.49. The molecule has 0 spiro atoms. The molecule has 0 bridgehead atoms. The molecule has 4 rings (SSSR count). The highest BCUT2D eigenvalue weighted by Gasteiger charge is 2.32. The number of halogens is 4. The van der Waals surface area contributed by atoms with Crippen LogP contribution in [0, 0.1) is 0 Å². The highest BCUT2D eigenvalue weighted by atomic mass is 35.5. The lowest BCUT2D eigenvalue weighted by Gasteiger charge is -2.13. The van der Waals surface area contributed by atoms with Crippen molar-refractivity contribution >= 4 is 34.5 Å². The van der Waals surface area contributed by atoms with E-state index >= 15 is 0 Å². The average molecular weight is 466 g/mol. The first-order chi connectivity index (χ1) is 14.8.